The van der Waals surface area contributed by atoms with Crippen LogP contribution >= 0.6 is 0 Å². The number of hydrogen-bond acceptors (Lipinski definition) is 6. The van der Waals surface area contributed by atoms with Crippen molar-refractivity contribution in [1.82, 2.24) is 0 Å². The van der Waals surface area contributed by atoms with Crippen molar-refractivity contribution in [2.24, 2.45) is 5.73 Å². The topological polar surface area (TPSA) is 135 Å². The van der Waals surface area contributed by atoms with Crippen LogP contribution in [-0.4, -0.2) is 35.8 Å². The van der Waals surface area contributed by atoms with Crippen LogP contribution in [0.2, 0.25) is 0 Å². The van der Waals surface area contributed by atoms with Crippen LogP contribution in [0.4, 0.5) is 11.4 Å². The van der Waals surface area contributed by atoms with Crippen molar-refractivity contribution in [3.05, 3.63) is 89.5 Å². The van der Waals surface area contributed by atoms with E-state index in [-0.39, 0.29) is 30.6 Å². The monoisotopic (exact) mass is 486 g/mol. The fourth-order valence-corrected chi connectivity index (χ4v) is 3.85. The molecule has 0 fully saturated rings. The third-order valence-electron chi connectivity index (χ3n) is 5.78. The number of rotatable bonds is 7. The zero-order chi connectivity index (χ0) is 25.9. The van der Waals surface area contributed by atoms with Crippen LogP contribution in [0, 0.1) is 5.41 Å². The number of nitrogens with two attached hydrogens (primary N) is 1. The second kappa shape index (κ2) is 9.91. The summed E-state index contributed by atoms with van der Waals surface area (Å²) in [5.74, 6) is -1.55. The molecule has 4 rings (SSSR count). The highest BCUT2D eigenvalue weighted by Gasteiger charge is 2.52. The predicted molar refractivity (Wildman–Crippen MR) is 135 cm³/mol. The van der Waals surface area contributed by atoms with E-state index in [0.29, 0.717) is 22.5 Å². The van der Waals surface area contributed by atoms with Gasteiger partial charge in [0.2, 0.25) is 0 Å². The highest BCUT2D eigenvalue weighted by Crippen LogP contribution is 2.41. The van der Waals surface area contributed by atoms with Crippen molar-refractivity contribution < 1.29 is 23.9 Å². The normalized spacial score (nSPS) is 16.5. The van der Waals surface area contributed by atoms with E-state index in [0.717, 1.165) is 5.56 Å². The number of carbonyl (C=O) groups excluding carboxylic acids is 3. The quantitative estimate of drug-likeness (QED) is 0.203. The lowest BCUT2D eigenvalue weighted by atomic mass is 10.00. The second-order valence-corrected chi connectivity index (χ2v) is 8.36. The average molecular weight is 487 g/mol. The molecule has 2 amide bonds. The molecule has 1 aliphatic heterocycles. The smallest absolute Gasteiger partial charge is 0.360 e. The van der Waals surface area contributed by atoms with Crippen molar-refractivity contribution in [2.75, 3.05) is 16.8 Å². The van der Waals surface area contributed by atoms with Gasteiger partial charge in [-0.2, -0.15) is 0 Å². The molecule has 1 atom stereocenters. The maximum absolute atomic E-state index is 13.5. The highest BCUT2D eigenvalue weighted by atomic mass is 16.6. The Morgan fingerprint density at radius 2 is 1.72 bits per heavy atom. The molecule has 1 heterocycles. The first kappa shape index (κ1) is 24.5. The molecular weight excluding hydrogens is 460 g/mol. The average Bonchev–Trinajstić information content (AvgIpc) is 2.87. The number of nitrogens with zero attached hydrogens (tertiary/aromatic N) is 1. The number of benzene rings is 3. The van der Waals surface area contributed by atoms with E-state index in [4.69, 9.17) is 20.6 Å². The molecule has 3 aromatic carbocycles. The predicted octanol–water partition coefficient (Wildman–Crippen LogP) is 3.47. The molecule has 0 radical (unpaired) electrons. The number of amides is 2. The molecule has 0 aliphatic carbocycles. The molecule has 0 aromatic heterocycles. The maximum atomic E-state index is 13.5. The molecule has 0 spiro atoms. The summed E-state index contributed by atoms with van der Waals surface area (Å²) >= 11 is 0. The number of esters is 1. The molecule has 36 heavy (non-hydrogen) atoms. The van der Waals surface area contributed by atoms with E-state index < -0.39 is 17.5 Å². The standard InChI is InChI=1S/C27H26N4O5/c1-3-35-26(34)27(2)25(33)31(16-17-7-5-4-6-8-17)21-14-13-20(15-22(21)36-27)30-24(32)19-11-9-18(10-12-19)23(28)29/h4-15H,3,16H2,1-2H3,(H3,28,29)(H,30,32). The van der Waals surface area contributed by atoms with E-state index in [1.165, 1.54) is 11.8 Å². The number of fused-ring (bicyclic) bond motifs is 1. The van der Waals surface area contributed by atoms with Gasteiger partial charge < -0.3 is 25.4 Å². The number of anilines is 2. The number of nitrogens with one attached hydrogen (secondary N) is 2. The molecule has 0 saturated carbocycles. The van der Waals surface area contributed by atoms with Crippen LogP contribution in [-0.2, 0) is 20.9 Å². The Balaban J connectivity index is 1.66. The van der Waals surface area contributed by atoms with Crippen LogP contribution in [0.25, 0.3) is 0 Å². The molecule has 0 bridgehead atoms. The van der Waals surface area contributed by atoms with Gasteiger partial charge in [-0.05, 0) is 43.7 Å². The van der Waals surface area contributed by atoms with Gasteiger partial charge in [-0.3, -0.25) is 15.0 Å². The van der Waals surface area contributed by atoms with Crippen molar-refractivity contribution in [3.63, 3.8) is 0 Å². The highest BCUT2D eigenvalue weighted by molar-refractivity contribution is 6.15. The maximum Gasteiger partial charge on any atom is 0.360 e. The first-order valence-corrected chi connectivity index (χ1v) is 11.3. The fourth-order valence-electron chi connectivity index (χ4n) is 3.85. The van der Waals surface area contributed by atoms with Gasteiger partial charge in [0.15, 0.2) is 0 Å². The molecule has 1 unspecified atom stereocenters. The number of ether oxygens (including phenoxy) is 2. The summed E-state index contributed by atoms with van der Waals surface area (Å²) in [6.45, 7) is 3.35. The zero-order valence-corrected chi connectivity index (χ0v) is 19.9. The summed E-state index contributed by atoms with van der Waals surface area (Å²) in [7, 11) is 0. The molecule has 0 saturated heterocycles. The van der Waals surface area contributed by atoms with Gasteiger partial charge >= 0.3 is 5.97 Å². The summed E-state index contributed by atoms with van der Waals surface area (Å²) in [6.07, 6.45) is 0. The lowest BCUT2D eigenvalue weighted by molar-refractivity contribution is -0.166. The summed E-state index contributed by atoms with van der Waals surface area (Å²) in [6, 6.07) is 20.6. The first-order valence-electron chi connectivity index (χ1n) is 11.3. The Labute approximate surface area is 208 Å². The summed E-state index contributed by atoms with van der Waals surface area (Å²) in [5, 5.41) is 10.3. The van der Waals surface area contributed by atoms with Crippen LogP contribution in [0.3, 0.4) is 0 Å². The van der Waals surface area contributed by atoms with Gasteiger partial charge in [0.1, 0.15) is 11.6 Å². The lowest BCUT2D eigenvalue weighted by Gasteiger charge is -2.39. The van der Waals surface area contributed by atoms with Gasteiger partial charge in [-0.15, -0.1) is 0 Å². The molecule has 4 N–H and O–H groups in total. The van der Waals surface area contributed by atoms with Crippen molar-refractivity contribution in [1.29, 1.82) is 5.41 Å². The van der Waals surface area contributed by atoms with Gasteiger partial charge in [0.25, 0.3) is 17.4 Å². The summed E-state index contributed by atoms with van der Waals surface area (Å²) < 4.78 is 11.1. The minimum Gasteiger partial charge on any atom is -0.464 e. The Morgan fingerprint density at radius 1 is 1.06 bits per heavy atom. The van der Waals surface area contributed by atoms with Gasteiger partial charge in [-0.1, -0.05) is 42.5 Å². The molecule has 184 valence electrons. The molecule has 9 heteroatoms. The third-order valence-corrected chi connectivity index (χ3v) is 5.78. The lowest BCUT2D eigenvalue weighted by Crippen LogP contribution is -2.59. The van der Waals surface area contributed by atoms with E-state index in [2.05, 4.69) is 5.32 Å². The second-order valence-electron chi connectivity index (χ2n) is 8.36. The Morgan fingerprint density at radius 3 is 2.36 bits per heavy atom. The third kappa shape index (κ3) is 4.76. The van der Waals surface area contributed by atoms with E-state index in [9.17, 15) is 14.4 Å². The number of nitrogen functional groups attached to an aromatic ring is 1. The molecule has 3 aromatic rings. The molecule has 9 nitrogen and oxygen atoms in total. The Bertz CT molecular complexity index is 1320. The molecular formula is C27H26N4O5. The molecule has 1 aliphatic rings. The van der Waals surface area contributed by atoms with E-state index >= 15 is 0 Å². The van der Waals surface area contributed by atoms with Crippen LogP contribution < -0.4 is 20.7 Å². The van der Waals surface area contributed by atoms with Crippen molar-refractivity contribution in [3.8, 4) is 5.75 Å². The Hall–Kier alpha value is -4.66. The largest absolute Gasteiger partial charge is 0.464 e. The number of hydrogen-bond donors (Lipinski definition) is 3. The van der Waals surface area contributed by atoms with Gasteiger partial charge in [0, 0.05) is 22.9 Å². The van der Waals surface area contributed by atoms with Crippen molar-refractivity contribution >= 4 is 35.0 Å². The van der Waals surface area contributed by atoms with Crippen molar-refractivity contribution in [2.45, 2.75) is 26.0 Å². The van der Waals surface area contributed by atoms with Crippen LogP contribution in [0.5, 0.6) is 5.75 Å². The fraction of sp³-hybridized carbons (Fsp3) is 0.185. The summed E-state index contributed by atoms with van der Waals surface area (Å²) in [4.78, 5) is 40.5. The van der Waals surface area contributed by atoms with Gasteiger partial charge in [0.05, 0.1) is 18.8 Å². The van der Waals surface area contributed by atoms with Gasteiger partial charge in [-0.25, -0.2) is 4.79 Å². The zero-order valence-electron chi connectivity index (χ0n) is 19.9. The minimum absolute atomic E-state index is 0.0898. The van der Waals surface area contributed by atoms with E-state index in [1.807, 2.05) is 30.3 Å². The van der Waals surface area contributed by atoms with Crippen LogP contribution in [0.15, 0.2) is 72.8 Å². The van der Waals surface area contributed by atoms with E-state index in [1.54, 1.807) is 49.4 Å². The number of carbonyl (C=O) groups is 3. The number of amidine groups is 1. The first-order chi connectivity index (χ1) is 17.2. The van der Waals surface area contributed by atoms with Crippen LogP contribution in [0.1, 0.15) is 35.3 Å². The minimum atomic E-state index is -1.89. The SMILES string of the molecule is CCOC(=O)C1(C)Oc2cc(NC(=O)c3ccc(C(=N)N)cc3)ccc2N(Cc2ccccc2)C1=O. The summed E-state index contributed by atoms with van der Waals surface area (Å²) in [5.41, 5.74) is 6.21. The Kier molecular flexibility index (Phi) is 6.73.